The fraction of sp³-hybridized carbons (Fsp3) is 0. The molecule has 0 saturated heterocycles. The van der Waals surface area contributed by atoms with Crippen molar-refractivity contribution >= 4 is 55.1 Å². The number of benzene rings is 2. The number of H-pyrrole nitrogens is 1. The zero-order chi connectivity index (χ0) is 24.1. The number of anilines is 1. The van der Waals surface area contributed by atoms with E-state index in [0.29, 0.717) is 30.3 Å². The number of halogens is 6. The Balaban J connectivity index is 1.81. The number of aromatic amines is 1. The lowest BCUT2D eigenvalue weighted by Gasteiger charge is -2.12. The Labute approximate surface area is 196 Å². The van der Waals surface area contributed by atoms with E-state index in [1.807, 2.05) is 0 Å². The lowest BCUT2D eigenvalue weighted by atomic mass is 10.0. The number of hydrogen-bond donors (Lipinski definition) is 2. The van der Waals surface area contributed by atoms with Gasteiger partial charge in [0.1, 0.15) is 28.0 Å². The average molecular weight is 593 g/mol. The summed E-state index contributed by atoms with van der Waals surface area (Å²) in [7, 11) is -4.85. The van der Waals surface area contributed by atoms with Gasteiger partial charge in [-0.1, -0.05) is 0 Å². The van der Waals surface area contributed by atoms with Gasteiger partial charge in [-0.15, -0.1) is 0 Å². The molecule has 0 aliphatic heterocycles. The second-order valence-corrected chi connectivity index (χ2v) is 9.37. The third-order valence-electron chi connectivity index (χ3n) is 4.59. The van der Waals surface area contributed by atoms with Crippen LogP contribution >= 0.6 is 22.6 Å². The summed E-state index contributed by atoms with van der Waals surface area (Å²) < 4.78 is 97.4. The number of fused-ring (bicyclic) bond motifs is 1. The Hall–Kier alpha value is -3.07. The molecule has 2 aromatic heterocycles. The van der Waals surface area contributed by atoms with Crippen LogP contribution in [-0.4, -0.2) is 24.2 Å². The molecule has 0 atom stereocenters. The number of aromatic nitrogens is 2. The third kappa shape index (κ3) is 4.06. The topological polar surface area (TPSA) is 91.9 Å². The summed E-state index contributed by atoms with van der Waals surface area (Å²) in [5, 5.41) is -0.0211. The fourth-order valence-electron chi connectivity index (χ4n) is 3.07. The first-order valence-electron chi connectivity index (χ1n) is 8.83. The minimum Gasteiger partial charge on any atom is -0.345 e. The molecular weight excluding hydrogens is 584 g/mol. The molecule has 0 bridgehead atoms. The van der Waals surface area contributed by atoms with E-state index in [2.05, 4.69) is 9.97 Å². The van der Waals surface area contributed by atoms with Gasteiger partial charge in [0.25, 0.3) is 10.0 Å². The maximum absolute atomic E-state index is 15.1. The molecule has 13 heteroatoms. The van der Waals surface area contributed by atoms with E-state index >= 15 is 4.39 Å². The Morgan fingerprint density at radius 3 is 2.42 bits per heavy atom. The lowest BCUT2D eigenvalue weighted by Crippen LogP contribution is -2.18. The van der Waals surface area contributed by atoms with Gasteiger partial charge in [-0.25, -0.2) is 35.4 Å². The summed E-state index contributed by atoms with van der Waals surface area (Å²) in [4.78, 5) is 18.2. The Kier molecular flexibility index (Phi) is 5.86. The Morgan fingerprint density at radius 1 is 1.00 bits per heavy atom. The summed E-state index contributed by atoms with van der Waals surface area (Å²) in [6.07, 6.45) is 1.98. The van der Waals surface area contributed by atoms with Gasteiger partial charge < -0.3 is 4.98 Å². The molecule has 2 N–H and O–H groups in total. The molecule has 0 fully saturated rings. The zero-order valence-corrected chi connectivity index (χ0v) is 18.9. The molecule has 0 spiro atoms. The van der Waals surface area contributed by atoms with Crippen LogP contribution in [0.2, 0.25) is 0 Å². The molecule has 0 radical (unpaired) electrons. The Bertz CT molecular complexity index is 1560. The molecule has 4 rings (SSSR count). The van der Waals surface area contributed by atoms with Crippen LogP contribution in [0.3, 0.4) is 0 Å². The number of carbonyl (C=O) groups excluding carboxylic acids is 1. The Morgan fingerprint density at radius 2 is 1.70 bits per heavy atom. The van der Waals surface area contributed by atoms with Crippen LogP contribution in [0.15, 0.2) is 47.6 Å². The summed E-state index contributed by atoms with van der Waals surface area (Å²) >= 11 is 1.60. The van der Waals surface area contributed by atoms with Crippen LogP contribution in [0.25, 0.3) is 11.0 Å². The minimum absolute atomic E-state index is 0.0211. The number of rotatable bonds is 5. The van der Waals surface area contributed by atoms with E-state index in [1.165, 1.54) is 0 Å². The molecule has 4 aromatic rings. The molecule has 0 aliphatic rings. The predicted octanol–water partition coefficient (Wildman–Crippen LogP) is 4.89. The first kappa shape index (κ1) is 23.1. The molecule has 2 aromatic carbocycles. The van der Waals surface area contributed by atoms with Gasteiger partial charge in [0.05, 0.1) is 26.6 Å². The SMILES string of the molecule is O=C(c1c(F)ccc(NS(=O)(=O)c2cc(F)ccc2F)c1F)c1c[nH]c2ncc(F)c(I)c12. The molecule has 0 saturated carbocycles. The van der Waals surface area contributed by atoms with Crippen molar-refractivity contribution in [3.05, 3.63) is 86.5 Å². The predicted molar refractivity (Wildman–Crippen MR) is 116 cm³/mol. The minimum atomic E-state index is -4.85. The van der Waals surface area contributed by atoms with Crippen molar-refractivity contribution in [3.63, 3.8) is 0 Å². The molecule has 170 valence electrons. The van der Waals surface area contributed by atoms with Crippen molar-refractivity contribution in [2.24, 2.45) is 0 Å². The largest absolute Gasteiger partial charge is 0.345 e. The second-order valence-electron chi connectivity index (χ2n) is 6.64. The van der Waals surface area contributed by atoms with Crippen LogP contribution in [0, 0.1) is 32.7 Å². The lowest BCUT2D eigenvalue weighted by molar-refractivity contribution is 0.103. The van der Waals surface area contributed by atoms with Gasteiger partial charge in [-0.3, -0.25) is 9.52 Å². The van der Waals surface area contributed by atoms with Crippen LogP contribution in [0.1, 0.15) is 15.9 Å². The highest BCUT2D eigenvalue weighted by atomic mass is 127. The molecular formula is C20H9F5IN3O3S. The van der Waals surface area contributed by atoms with Gasteiger partial charge in [0.15, 0.2) is 11.6 Å². The number of pyridine rings is 1. The van der Waals surface area contributed by atoms with Crippen LogP contribution in [0.4, 0.5) is 27.6 Å². The number of sulfonamides is 1. The van der Waals surface area contributed by atoms with E-state index in [0.717, 1.165) is 12.4 Å². The highest BCUT2D eigenvalue weighted by Gasteiger charge is 2.28. The molecule has 0 aliphatic carbocycles. The summed E-state index contributed by atoms with van der Waals surface area (Å²) in [5.41, 5.74) is -2.25. The fourth-order valence-corrected chi connectivity index (χ4v) is 4.90. The van der Waals surface area contributed by atoms with E-state index < -0.39 is 61.0 Å². The van der Waals surface area contributed by atoms with Crippen molar-refractivity contribution in [1.29, 1.82) is 0 Å². The van der Waals surface area contributed by atoms with Gasteiger partial charge in [0.2, 0.25) is 5.78 Å². The van der Waals surface area contributed by atoms with Crippen LogP contribution in [-0.2, 0) is 10.0 Å². The van der Waals surface area contributed by atoms with Crippen molar-refractivity contribution in [2.75, 3.05) is 4.72 Å². The van der Waals surface area contributed by atoms with Crippen LogP contribution < -0.4 is 4.72 Å². The highest BCUT2D eigenvalue weighted by Crippen LogP contribution is 2.31. The van der Waals surface area contributed by atoms with E-state index in [4.69, 9.17) is 0 Å². The number of nitrogens with zero attached hydrogens (tertiary/aromatic N) is 1. The second kappa shape index (κ2) is 8.37. The standard InChI is InChI=1S/C20H9F5IN3O3S/c21-8-1-2-10(22)14(5-8)33(31,32)29-13-4-3-11(23)16(17(13)25)19(30)9-6-27-20-15(9)18(26)12(24)7-28-20/h1-7,29H,(H,27,28). The quantitative estimate of drug-likeness (QED) is 0.196. The number of hydrogen-bond acceptors (Lipinski definition) is 4. The molecule has 6 nitrogen and oxygen atoms in total. The maximum Gasteiger partial charge on any atom is 0.265 e. The van der Waals surface area contributed by atoms with Gasteiger partial charge in [-0.2, -0.15) is 0 Å². The number of carbonyl (C=O) groups is 1. The third-order valence-corrected chi connectivity index (χ3v) is 7.02. The van der Waals surface area contributed by atoms with Gasteiger partial charge in [0, 0.05) is 11.6 Å². The number of nitrogens with one attached hydrogen (secondary N) is 2. The van der Waals surface area contributed by atoms with Gasteiger partial charge >= 0.3 is 0 Å². The summed E-state index contributed by atoms with van der Waals surface area (Å²) in [6, 6.07) is 2.92. The van der Waals surface area contributed by atoms with Crippen LogP contribution in [0.5, 0.6) is 0 Å². The summed E-state index contributed by atoms with van der Waals surface area (Å²) in [6.45, 7) is 0. The van der Waals surface area contributed by atoms with E-state index in [-0.39, 0.29) is 20.2 Å². The van der Waals surface area contributed by atoms with Crippen molar-refractivity contribution < 1.29 is 35.2 Å². The smallest absolute Gasteiger partial charge is 0.265 e. The zero-order valence-electron chi connectivity index (χ0n) is 15.9. The summed E-state index contributed by atoms with van der Waals surface area (Å²) in [5.74, 6) is -7.30. The van der Waals surface area contributed by atoms with Gasteiger partial charge in [-0.05, 0) is 52.9 Å². The normalized spacial score (nSPS) is 11.7. The van der Waals surface area contributed by atoms with Crippen molar-refractivity contribution in [2.45, 2.75) is 4.90 Å². The molecule has 0 amide bonds. The van der Waals surface area contributed by atoms with E-state index in [9.17, 15) is 30.8 Å². The van der Waals surface area contributed by atoms with Crippen molar-refractivity contribution in [1.82, 2.24) is 9.97 Å². The first-order chi connectivity index (χ1) is 15.5. The first-order valence-corrected chi connectivity index (χ1v) is 11.4. The number of ketones is 1. The molecule has 33 heavy (non-hydrogen) atoms. The van der Waals surface area contributed by atoms with Crippen molar-refractivity contribution in [3.8, 4) is 0 Å². The maximum atomic E-state index is 15.1. The molecule has 2 heterocycles. The monoisotopic (exact) mass is 593 g/mol. The van der Waals surface area contributed by atoms with E-state index in [1.54, 1.807) is 27.3 Å². The highest BCUT2D eigenvalue weighted by molar-refractivity contribution is 14.1. The average Bonchev–Trinajstić information content (AvgIpc) is 3.19. The molecule has 0 unspecified atom stereocenters.